The summed E-state index contributed by atoms with van der Waals surface area (Å²) in [6, 6.07) is 0.570. The molecule has 0 bridgehead atoms. The number of carbonyl (C=O) groups excluding carboxylic acids is 1. The summed E-state index contributed by atoms with van der Waals surface area (Å²) in [6.45, 7) is 8.39. The number of aryl methyl sites for hydroxylation is 2. The normalized spacial score (nSPS) is 23.0. The van der Waals surface area contributed by atoms with E-state index in [4.69, 9.17) is 4.52 Å². The third-order valence-corrected chi connectivity index (χ3v) is 5.19. The Morgan fingerprint density at radius 3 is 2.65 bits per heavy atom. The lowest BCUT2D eigenvalue weighted by Crippen LogP contribution is -2.47. The maximum atomic E-state index is 12.6. The quantitative estimate of drug-likeness (QED) is 0.929. The second-order valence-electron chi connectivity index (χ2n) is 6.80. The van der Waals surface area contributed by atoms with E-state index in [1.165, 1.54) is 38.8 Å². The number of hydrogen-bond acceptors (Lipinski definition) is 4. The zero-order chi connectivity index (χ0) is 16.2. The first-order valence-corrected chi connectivity index (χ1v) is 8.83. The van der Waals surface area contributed by atoms with Crippen molar-refractivity contribution in [2.75, 3.05) is 26.2 Å². The molecule has 2 aliphatic rings. The summed E-state index contributed by atoms with van der Waals surface area (Å²) < 4.78 is 5.16. The summed E-state index contributed by atoms with van der Waals surface area (Å²) in [6.07, 6.45) is 6.13. The van der Waals surface area contributed by atoms with Gasteiger partial charge in [-0.05, 0) is 52.6 Å². The molecule has 1 N–H and O–H groups in total. The minimum absolute atomic E-state index is 0.0381. The summed E-state index contributed by atoms with van der Waals surface area (Å²) in [7, 11) is 0. The van der Waals surface area contributed by atoms with E-state index >= 15 is 0 Å². The van der Waals surface area contributed by atoms with Crippen molar-refractivity contribution in [3.05, 3.63) is 17.0 Å². The van der Waals surface area contributed by atoms with Crippen LogP contribution in [0.4, 0.5) is 4.79 Å². The van der Waals surface area contributed by atoms with E-state index in [-0.39, 0.29) is 6.03 Å². The van der Waals surface area contributed by atoms with Gasteiger partial charge in [-0.25, -0.2) is 4.79 Å². The largest absolute Gasteiger partial charge is 0.361 e. The minimum atomic E-state index is 0.0381. The van der Waals surface area contributed by atoms with Gasteiger partial charge in [-0.2, -0.15) is 0 Å². The van der Waals surface area contributed by atoms with Crippen LogP contribution in [-0.2, 0) is 6.54 Å². The number of aromatic nitrogens is 1. The van der Waals surface area contributed by atoms with Crippen LogP contribution >= 0.6 is 0 Å². The third-order valence-electron chi connectivity index (χ3n) is 5.19. The molecule has 2 saturated heterocycles. The first-order chi connectivity index (χ1) is 11.1. The van der Waals surface area contributed by atoms with Gasteiger partial charge in [-0.15, -0.1) is 0 Å². The average Bonchev–Trinajstić information content (AvgIpc) is 3.10. The molecular weight excluding hydrogens is 292 g/mol. The number of hydrogen-bond donors (Lipinski definition) is 1. The molecule has 1 aromatic rings. The lowest BCUT2D eigenvalue weighted by atomic mass is 10.1. The van der Waals surface area contributed by atoms with Crippen LogP contribution in [0.1, 0.15) is 49.1 Å². The van der Waals surface area contributed by atoms with Crippen molar-refractivity contribution >= 4 is 6.03 Å². The van der Waals surface area contributed by atoms with Crippen molar-refractivity contribution in [3.63, 3.8) is 0 Å². The smallest absolute Gasteiger partial charge is 0.317 e. The number of urea groups is 1. The number of likely N-dealkylation sites (tertiary alicyclic amines) is 2. The molecule has 3 heterocycles. The van der Waals surface area contributed by atoms with E-state index in [9.17, 15) is 4.79 Å². The molecule has 0 radical (unpaired) electrons. The third kappa shape index (κ3) is 3.86. The molecule has 0 saturated carbocycles. The zero-order valence-corrected chi connectivity index (χ0v) is 14.3. The molecule has 1 aromatic heterocycles. The fraction of sp³-hybridized carbons (Fsp3) is 0.765. The van der Waals surface area contributed by atoms with Crippen molar-refractivity contribution in [3.8, 4) is 0 Å². The molecular formula is C17H28N4O2. The van der Waals surface area contributed by atoms with Crippen molar-refractivity contribution in [1.82, 2.24) is 20.3 Å². The maximum Gasteiger partial charge on any atom is 0.317 e. The lowest BCUT2D eigenvalue weighted by molar-refractivity contribution is 0.165. The fourth-order valence-electron chi connectivity index (χ4n) is 3.74. The van der Waals surface area contributed by atoms with E-state index in [2.05, 4.69) is 15.4 Å². The Morgan fingerprint density at radius 2 is 1.96 bits per heavy atom. The predicted octanol–water partition coefficient (Wildman–Crippen LogP) is 2.45. The Hall–Kier alpha value is -1.56. The first-order valence-electron chi connectivity index (χ1n) is 8.83. The molecule has 2 amide bonds. The second kappa shape index (κ2) is 7.34. The highest BCUT2D eigenvalue weighted by Gasteiger charge is 2.28. The number of rotatable bonds is 3. The Balaban J connectivity index is 1.57. The maximum absolute atomic E-state index is 12.6. The molecule has 23 heavy (non-hydrogen) atoms. The van der Waals surface area contributed by atoms with E-state index in [1.807, 2.05) is 18.7 Å². The van der Waals surface area contributed by atoms with Crippen LogP contribution in [0.5, 0.6) is 0 Å². The summed E-state index contributed by atoms with van der Waals surface area (Å²) >= 11 is 0. The first kappa shape index (κ1) is 16.3. The molecule has 0 spiro atoms. The van der Waals surface area contributed by atoms with Gasteiger partial charge in [0.1, 0.15) is 5.76 Å². The monoisotopic (exact) mass is 320 g/mol. The van der Waals surface area contributed by atoms with Crippen LogP contribution in [0.25, 0.3) is 0 Å². The summed E-state index contributed by atoms with van der Waals surface area (Å²) in [4.78, 5) is 17.1. The van der Waals surface area contributed by atoms with Crippen LogP contribution in [0.2, 0.25) is 0 Å². The predicted molar refractivity (Wildman–Crippen MR) is 88.2 cm³/mol. The Labute approximate surface area is 138 Å². The van der Waals surface area contributed by atoms with Gasteiger partial charge in [0.2, 0.25) is 0 Å². The SMILES string of the molecule is Cc1noc(C)c1CNC(=O)N1CCCC[C@H](N2CCCC2)C1. The average molecular weight is 320 g/mol. The molecule has 0 aromatic carbocycles. The highest BCUT2D eigenvalue weighted by Crippen LogP contribution is 2.20. The number of nitrogens with one attached hydrogen (secondary N) is 1. The topological polar surface area (TPSA) is 61.6 Å². The summed E-state index contributed by atoms with van der Waals surface area (Å²) in [5.74, 6) is 0.786. The van der Waals surface area contributed by atoms with E-state index in [0.29, 0.717) is 12.6 Å². The van der Waals surface area contributed by atoms with E-state index < -0.39 is 0 Å². The summed E-state index contributed by atoms with van der Waals surface area (Å²) in [5, 5.41) is 6.98. The molecule has 0 unspecified atom stereocenters. The van der Waals surface area contributed by atoms with Gasteiger partial charge in [-0.1, -0.05) is 11.6 Å². The van der Waals surface area contributed by atoms with Gasteiger partial charge in [0.15, 0.2) is 0 Å². The van der Waals surface area contributed by atoms with Gasteiger partial charge in [0, 0.05) is 31.2 Å². The van der Waals surface area contributed by atoms with Gasteiger partial charge < -0.3 is 14.7 Å². The lowest BCUT2D eigenvalue weighted by Gasteiger charge is -2.30. The fourth-order valence-corrected chi connectivity index (χ4v) is 3.74. The van der Waals surface area contributed by atoms with Gasteiger partial charge in [0.05, 0.1) is 5.69 Å². The van der Waals surface area contributed by atoms with Crippen LogP contribution in [0.15, 0.2) is 4.52 Å². The van der Waals surface area contributed by atoms with Crippen molar-refractivity contribution in [2.45, 2.75) is 58.5 Å². The van der Waals surface area contributed by atoms with E-state index in [1.54, 1.807) is 0 Å². The molecule has 6 nitrogen and oxygen atoms in total. The number of carbonyl (C=O) groups is 1. The van der Waals surface area contributed by atoms with E-state index in [0.717, 1.165) is 36.5 Å². The van der Waals surface area contributed by atoms with Gasteiger partial charge in [0.25, 0.3) is 0 Å². The Kier molecular flexibility index (Phi) is 5.20. The number of amides is 2. The minimum Gasteiger partial charge on any atom is -0.361 e. The van der Waals surface area contributed by atoms with Crippen molar-refractivity contribution in [1.29, 1.82) is 0 Å². The standard InChI is InChI=1S/C17H28N4O2/c1-13-16(14(2)23-19-13)11-18-17(22)21-10-4-3-7-15(12-21)20-8-5-6-9-20/h15H,3-12H2,1-2H3,(H,18,22)/t15-/m0/s1. The summed E-state index contributed by atoms with van der Waals surface area (Å²) in [5.41, 5.74) is 1.85. The molecule has 128 valence electrons. The Bertz CT molecular complexity index is 517. The molecule has 6 heteroatoms. The molecule has 2 fully saturated rings. The van der Waals surface area contributed by atoms with Crippen molar-refractivity contribution < 1.29 is 9.32 Å². The highest BCUT2D eigenvalue weighted by molar-refractivity contribution is 5.74. The zero-order valence-electron chi connectivity index (χ0n) is 14.3. The molecule has 1 atom stereocenters. The Morgan fingerprint density at radius 1 is 1.22 bits per heavy atom. The molecule has 3 rings (SSSR count). The highest BCUT2D eigenvalue weighted by atomic mass is 16.5. The second-order valence-corrected chi connectivity index (χ2v) is 6.80. The van der Waals surface area contributed by atoms with Crippen LogP contribution in [0.3, 0.4) is 0 Å². The van der Waals surface area contributed by atoms with Gasteiger partial charge >= 0.3 is 6.03 Å². The number of nitrogens with zero attached hydrogens (tertiary/aromatic N) is 3. The molecule has 0 aliphatic carbocycles. The van der Waals surface area contributed by atoms with Crippen LogP contribution in [-0.4, -0.2) is 53.2 Å². The van der Waals surface area contributed by atoms with Crippen LogP contribution in [0, 0.1) is 13.8 Å². The van der Waals surface area contributed by atoms with Gasteiger partial charge in [-0.3, -0.25) is 4.90 Å². The van der Waals surface area contributed by atoms with Crippen LogP contribution < -0.4 is 5.32 Å². The molecule has 2 aliphatic heterocycles. The van der Waals surface area contributed by atoms with Crippen molar-refractivity contribution in [2.24, 2.45) is 0 Å².